The lowest BCUT2D eigenvalue weighted by molar-refractivity contribution is 0.149. The average Bonchev–Trinajstić information content (AvgIpc) is 2.47. The molecule has 0 atom stereocenters. The maximum Gasteiger partial charge on any atom is 0.407 e. The Bertz CT molecular complexity index is 338. The van der Waals surface area contributed by atoms with Crippen molar-refractivity contribution >= 4 is 22.0 Å². The molecule has 0 unspecified atom stereocenters. The Morgan fingerprint density at radius 1 is 1.79 bits per heavy atom. The molecule has 0 aliphatic carbocycles. The lowest BCUT2D eigenvalue weighted by atomic mass is 10.4. The van der Waals surface area contributed by atoms with Gasteiger partial charge in [-0.05, 0) is 21.1 Å². The van der Waals surface area contributed by atoms with Crippen molar-refractivity contribution in [2.24, 2.45) is 0 Å². The summed E-state index contributed by atoms with van der Waals surface area (Å²) < 4.78 is 10.3. The number of amides is 1. The molecule has 0 radical (unpaired) electrons. The van der Waals surface area contributed by atoms with Crippen LogP contribution in [0.5, 0.6) is 5.88 Å². The van der Waals surface area contributed by atoms with Gasteiger partial charge >= 0.3 is 6.09 Å². The van der Waals surface area contributed by atoms with Crippen molar-refractivity contribution in [3.63, 3.8) is 0 Å². The minimum absolute atomic E-state index is 0.117. The standard InChI is InChI=1S/C7H9BrN2O4/c1-10(7(11)12)3-4-5(8)6(13-2)9-14-4/h3H2,1-2H3,(H,11,12). The van der Waals surface area contributed by atoms with Crippen LogP contribution in [-0.2, 0) is 6.54 Å². The van der Waals surface area contributed by atoms with E-state index in [9.17, 15) is 4.79 Å². The van der Waals surface area contributed by atoms with E-state index in [1.807, 2.05) is 0 Å². The Morgan fingerprint density at radius 3 is 2.86 bits per heavy atom. The molecule has 0 aliphatic rings. The summed E-state index contributed by atoms with van der Waals surface area (Å²) in [4.78, 5) is 11.6. The van der Waals surface area contributed by atoms with Crippen molar-refractivity contribution in [2.45, 2.75) is 6.54 Å². The number of nitrogens with zero attached hydrogens (tertiary/aromatic N) is 2. The molecule has 1 N–H and O–H groups in total. The summed E-state index contributed by atoms with van der Waals surface area (Å²) in [5.74, 6) is 0.713. The topological polar surface area (TPSA) is 75.8 Å². The van der Waals surface area contributed by atoms with E-state index in [0.717, 1.165) is 4.90 Å². The van der Waals surface area contributed by atoms with E-state index in [-0.39, 0.29) is 6.54 Å². The quantitative estimate of drug-likeness (QED) is 0.897. The molecule has 0 spiro atoms. The molecular formula is C7H9BrN2O4. The molecule has 78 valence electrons. The molecule has 1 heterocycles. The second-order valence-electron chi connectivity index (χ2n) is 2.57. The Kier molecular flexibility index (Phi) is 3.34. The SMILES string of the molecule is COc1noc(CN(C)C(=O)O)c1Br. The van der Waals surface area contributed by atoms with Crippen LogP contribution in [-0.4, -0.2) is 35.4 Å². The second kappa shape index (κ2) is 4.32. The van der Waals surface area contributed by atoms with Crippen molar-refractivity contribution in [1.82, 2.24) is 10.1 Å². The number of carbonyl (C=O) groups is 1. The van der Waals surface area contributed by atoms with E-state index in [4.69, 9.17) is 14.4 Å². The number of methoxy groups -OCH3 is 1. The van der Waals surface area contributed by atoms with Crippen LogP contribution in [0.1, 0.15) is 5.76 Å². The Balaban J connectivity index is 2.77. The van der Waals surface area contributed by atoms with Gasteiger partial charge in [-0.25, -0.2) is 4.79 Å². The highest BCUT2D eigenvalue weighted by Crippen LogP contribution is 2.28. The second-order valence-corrected chi connectivity index (χ2v) is 3.36. The Morgan fingerprint density at radius 2 is 2.43 bits per heavy atom. The number of hydrogen-bond donors (Lipinski definition) is 1. The zero-order chi connectivity index (χ0) is 10.7. The molecule has 14 heavy (non-hydrogen) atoms. The van der Waals surface area contributed by atoms with Gasteiger partial charge in [0.15, 0.2) is 5.76 Å². The lowest BCUT2D eigenvalue weighted by Gasteiger charge is -2.09. The largest absolute Gasteiger partial charge is 0.478 e. The monoisotopic (exact) mass is 264 g/mol. The van der Waals surface area contributed by atoms with Gasteiger partial charge in [-0.3, -0.25) is 0 Å². The van der Waals surface area contributed by atoms with Crippen LogP contribution in [0.4, 0.5) is 4.79 Å². The van der Waals surface area contributed by atoms with Gasteiger partial charge in [0.2, 0.25) is 0 Å². The van der Waals surface area contributed by atoms with E-state index < -0.39 is 6.09 Å². The van der Waals surface area contributed by atoms with E-state index >= 15 is 0 Å². The zero-order valence-corrected chi connectivity index (χ0v) is 9.24. The zero-order valence-electron chi connectivity index (χ0n) is 7.65. The molecule has 6 nitrogen and oxygen atoms in total. The van der Waals surface area contributed by atoms with Crippen molar-refractivity contribution in [1.29, 1.82) is 0 Å². The maximum absolute atomic E-state index is 10.5. The highest BCUT2D eigenvalue weighted by atomic mass is 79.9. The fourth-order valence-corrected chi connectivity index (χ4v) is 1.24. The third-order valence-electron chi connectivity index (χ3n) is 1.57. The van der Waals surface area contributed by atoms with E-state index in [1.54, 1.807) is 0 Å². The van der Waals surface area contributed by atoms with Gasteiger partial charge in [-0.15, -0.1) is 0 Å². The predicted molar refractivity (Wildman–Crippen MR) is 50.2 cm³/mol. The maximum atomic E-state index is 10.5. The summed E-state index contributed by atoms with van der Waals surface area (Å²) in [6.45, 7) is 0.117. The fraction of sp³-hybridized carbons (Fsp3) is 0.429. The summed E-state index contributed by atoms with van der Waals surface area (Å²) in [6, 6.07) is 0. The number of ether oxygens (including phenoxy) is 1. The molecule has 1 rings (SSSR count). The van der Waals surface area contributed by atoms with Gasteiger partial charge in [0.25, 0.3) is 5.88 Å². The number of aromatic nitrogens is 1. The average molecular weight is 265 g/mol. The van der Waals surface area contributed by atoms with Gasteiger partial charge in [0.05, 0.1) is 13.7 Å². The summed E-state index contributed by atoms with van der Waals surface area (Å²) >= 11 is 3.19. The van der Waals surface area contributed by atoms with Crippen LogP contribution in [0.3, 0.4) is 0 Å². The summed E-state index contributed by atoms with van der Waals surface area (Å²) in [7, 11) is 2.89. The summed E-state index contributed by atoms with van der Waals surface area (Å²) in [5, 5.41) is 12.2. The third kappa shape index (κ3) is 2.16. The van der Waals surface area contributed by atoms with Crippen molar-refractivity contribution in [3.05, 3.63) is 10.2 Å². The Labute approximate surface area is 88.6 Å². The van der Waals surface area contributed by atoms with Crippen LogP contribution >= 0.6 is 15.9 Å². The molecular weight excluding hydrogens is 256 g/mol. The first-order valence-electron chi connectivity index (χ1n) is 3.68. The molecule has 0 aromatic carbocycles. The normalized spacial score (nSPS) is 9.93. The molecule has 0 saturated heterocycles. The molecule has 1 aromatic rings. The number of rotatable bonds is 3. The Hall–Kier alpha value is -1.24. The summed E-state index contributed by atoms with van der Waals surface area (Å²) in [5.41, 5.74) is 0. The number of carboxylic acid groups (broad SMARTS) is 1. The highest BCUT2D eigenvalue weighted by Gasteiger charge is 2.17. The lowest BCUT2D eigenvalue weighted by Crippen LogP contribution is -2.23. The van der Waals surface area contributed by atoms with Crippen LogP contribution in [0.15, 0.2) is 9.00 Å². The van der Waals surface area contributed by atoms with Crippen molar-refractivity contribution in [2.75, 3.05) is 14.2 Å². The summed E-state index contributed by atoms with van der Waals surface area (Å²) in [6.07, 6.45) is -1.03. The van der Waals surface area contributed by atoms with E-state index in [0.29, 0.717) is 16.1 Å². The molecule has 1 amide bonds. The van der Waals surface area contributed by atoms with Crippen molar-refractivity contribution < 1.29 is 19.2 Å². The highest BCUT2D eigenvalue weighted by molar-refractivity contribution is 9.10. The number of halogens is 1. The molecule has 0 saturated carbocycles. The van der Waals surface area contributed by atoms with Crippen molar-refractivity contribution in [3.8, 4) is 5.88 Å². The van der Waals surface area contributed by atoms with Gasteiger partial charge in [-0.1, -0.05) is 0 Å². The van der Waals surface area contributed by atoms with Crippen LogP contribution < -0.4 is 4.74 Å². The van der Waals surface area contributed by atoms with Gasteiger partial charge in [-0.2, -0.15) is 0 Å². The third-order valence-corrected chi connectivity index (χ3v) is 2.35. The van der Waals surface area contributed by atoms with E-state index in [2.05, 4.69) is 21.1 Å². The molecule has 0 aliphatic heterocycles. The first kappa shape index (κ1) is 10.8. The molecule has 0 bridgehead atoms. The van der Waals surface area contributed by atoms with Crippen LogP contribution in [0, 0.1) is 0 Å². The molecule has 7 heteroatoms. The minimum atomic E-state index is -1.03. The molecule has 1 aromatic heterocycles. The first-order valence-corrected chi connectivity index (χ1v) is 4.47. The van der Waals surface area contributed by atoms with Gasteiger partial charge in [0, 0.05) is 7.05 Å². The predicted octanol–water partition coefficient (Wildman–Crippen LogP) is 1.56. The van der Waals surface area contributed by atoms with Gasteiger partial charge < -0.3 is 19.3 Å². The van der Waals surface area contributed by atoms with Gasteiger partial charge in [0.1, 0.15) is 4.47 Å². The molecule has 0 fully saturated rings. The minimum Gasteiger partial charge on any atom is -0.478 e. The van der Waals surface area contributed by atoms with E-state index in [1.165, 1.54) is 14.2 Å². The number of hydrogen-bond acceptors (Lipinski definition) is 4. The fourth-order valence-electron chi connectivity index (χ4n) is 0.804. The van der Waals surface area contributed by atoms with Crippen LogP contribution in [0.2, 0.25) is 0 Å². The smallest absolute Gasteiger partial charge is 0.407 e. The first-order chi connectivity index (χ1) is 6.56. The van der Waals surface area contributed by atoms with Crippen LogP contribution in [0.25, 0.3) is 0 Å².